The summed E-state index contributed by atoms with van der Waals surface area (Å²) in [6.07, 6.45) is 0.457. The summed E-state index contributed by atoms with van der Waals surface area (Å²) in [4.78, 5) is 11.1. The number of benzene rings is 1. The van der Waals surface area contributed by atoms with Gasteiger partial charge in [-0.25, -0.2) is 13.2 Å². The van der Waals surface area contributed by atoms with Gasteiger partial charge in [-0.1, -0.05) is 6.07 Å². The van der Waals surface area contributed by atoms with Crippen LogP contribution in [-0.4, -0.2) is 38.0 Å². The third kappa shape index (κ3) is 2.26. The molecule has 18 heavy (non-hydrogen) atoms. The molecule has 0 amide bonds. The minimum Gasteiger partial charge on any atom is -0.478 e. The van der Waals surface area contributed by atoms with E-state index in [0.29, 0.717) is 18.6 Å². The predicted molar refractivity (Wildman–Crippen MR) is 64.5 cm³/mol. The number of hydrogen-bond donors (Lipinski definition) is 1. The lowest BCUT2D eigenvalue weighted by atomic mass is 10.1. The number of carbonyl (C=O) groups is 1. The molecule has 1 aliphatic rings. The van der Waals surface area contributed by atoms with E-state index in [0.717, 1.165) is 0 Å². The van der Waals surface area contributed by atoms with Gasteiger partial charge in [-0.05, 0) is 31.0 Å². The predicted octanol–water partition coefficient (Wildman–Crippen LogP) is 1.26. The topological polar surface area (TPSA) is 80.7 Å². The highest BCUT2D eigenvalue weighted by Gasteiger charge is 2.31. The molecular formula is C12H14O5S. The van der Waals surface area contributed by atoms with Crippen LogP contribution in [0.25, 0.3) is 0 Å². The van der Waals surface area contributed by atoms with Gasteiger partial charge in [-0.2, -0.15) is 0 Å². The summed E-state index contributed by atoms with van der Waals surface area (Å²) >= 11 is 0. The Hall–Kier alpha value is -1.40. The van der Waals surface area contributed by atoms with Gasteiger partial charge < -0.3 is 9.84 Å². The van der Waals surface area contributed by atoms with Crippen LogP contribution >= 0.6 is 0 Å². The van der Waals surface area contributed by atoms with E-state index >= 15 is 0 Å². The molecule has 1 atom stereocenters. The average molecular weight is 270 g/mol. The first-order chi connectivity index (χ1) is 8.43. The second kappa shape index (κ2) is 4.70. The number of aromatic carboxylic acids is 1. The molecule has 0 spiro atoms. The first-order valence-electron chi connectivity index (χ1n) is 5.58. The van der Waals surface area contributed by atoms with Crippen LogP contribution in [0.4, 0.5) is 0 Å². The van der Waals surface area contributed by atoms with Gasteiger partial charge in [0.15, 0.2) is 9.84 Å². The highest BCUT2D eigenvalue weighted by Crippen LogP contribution is 2.24. The van der Waals surface area contributed by atoms with E-state index in [1.807, 2.05) is 0 Å². The lowest BCUT2D eigenvalue weighted by Gasteiger charge is -2.11. The maximum absolute atomic E-state index is 12.2. The van der Waals surface area contributed by atoms with E-state index in [4.69, 9.17) is 9.84 Å². The summed E-state index contributed by atoms with van der Waals surface area (Å²) in [5.41, 5.74) is 0.569. The second-order valence-electron chi connectivity index (χ2n) is 4.31. The molecule has 2 rings (SSSR count). The van der Waals surface area contributed by atoms with Gasteiger partial charge in [0.2, 0.25) is 0 Å². The molecule has 1 aromatic rings. The second-order valence-corrected chi connectivity index (χ2v) is 6.54. The van der Waals surface area contributed by atoms with E-state index in [-0.39, 0.29) is 17.1 Å². The van der Waals surface area contributed by atoms with Gasteiger partial charge in [0.05, 0.1) is 22.3 Å². The van der Waals surface area contributed by atoms with Crippen LogP contribution in [0, 0.1) is 6.92 Å². The number of aryl methyl sites for hydroxylation is 1. The molecule has 5 nitrogen and oxygen atoms in total. The lowest BCUT2D eigenvalue weighted by molar-refractivity contribution is 0.0696. The number of hydrogen-bond acceptors (Lipinski definition) is 4. The molecule has 0 aromatic heterocycles. The first kappa shape index (κ1) is 13.0. The maximum Gasteiger partial charge on any atom is 0.335 e. The summed E-state index contributed by atoms with van der Waals surface area (Å²) in [5, 5.41) is 8.43. The van der Waals surface area contributed by atoms with Crippen LogP contribution in [0.3, 0.4) is 0 Å². The average Bonchev–Trinajstić information content (AvgIpc) is 2.82. The largest absolute Gasteiger partial charge is 0.478 e. The van der Waals surface area contributed by atoms with Gasteiger partial charge in [-0.3, -0.25) is 0 Å². The molecule has 1 heterocycles. The molecule has 1 fully saturated rings. The van der Waals surface area contributed by atoms with E-state index in [1.165, 1.54) is 18.2 Å². The molecule has 0 bridgehead atoms. The summed E-state index contributed by atoms with van der Waals surface area (Å²) in [5.74, 6) is -1.12. The molecule has 0 radical (unpaired) electrons. The van der Waals surface area contributed by atoms with Crippen LogP contribution in [0.15, 0.2) is 23.1 Å². The van der Waals surface area contributed by atoms with Crippen molar-refractivity contribution in [1.82, 2.24) is 0 Å². The Balaban J connectivity index is 2.45. The fourth-order valence-corrected chi connectivity index (χ4v) is 3.57. The number of ether oxygens (including phenoxy) is 1. The Morgan fingerprint density at radius 3 is 2.72 bits per heavy atom. The van der Waals surface area contributed by atoms with Gasteiger partial charge in [0, 0.05) is 6.61 Å². The van der Waals surface area contributed by atoms with Crippen molar-refractivity contribution in [1.29, 1.82) is 0 Å². The molecule has 98 valence electrons. The quantitative estimate of drug-likeness (QED) is 0.894. The molecule has 1 unspecified atom stereocenters. The Morgan fingerprint density at radius 1 is 1.44 bits per heavy atom. The van der Waals surface area contributed by atoms with Gasteiger partial charge >= 0.3 is 5.97 Å². The Labute approximate surface area is 105 Å². The van der Waals surface area contributed by atoms with Gasteiger partial charge in [0.1, 0.15) is 0 Å². The van der Waals surface area contributed by atoms with E-state index < -0.39 is 21.1 Å². The zero-order chi connectivity index (χ0) is 13.3. The van der Waals surface area contributed by atoms with E-state index in [9.17, 15) is 13.2 Å². The zero-order valence-electron chi connectivity index (χ0n) is 9.92. The number of carboxylic acid groups (broad SMARTS) is 1. The van der Waals surface area contributed by atoms with E-state index in [1.54, 1.807) is 6.92 Å². The number of rotatable bonds is 3. The maximum atomic E-state index is 12.2. The third-order valence-corrected chi connectivity index (χ3v) is 5.26. The minimum atomic E-state index is -3.50. The summed E-state index contributed by atoms with van der Waals surface area (Å²) < 4.78 is 29.6. The van der Waals surface area contributed by atoms with Crippen LogP contribution in [-0.2, 0) is 14.6 Å². The van der Waals surface area contributed by atoms with Crippen molar-refractivity contribution in [2.45, 2.75) is 23.5 Å². The van der Waals surface area contributed by atoms with Gasteiger partial charge in [0.25, 0.3) is 0 Å². The van der Waals surface area contributed by atoms with Crippen molar-refractivity contribution < 1.29 is 23.1 Å². The fraction of sp³-hybridized carbons (Fsp3) is 0.417. The standard InChI is InChI=1S/C12H14O5S/c1-8-2-3-9(6-11(8)12(13)14)18(15,16)10-4-5-17-7-10/h2-3,6,10H,4-5,7H2,1H3,(H,13,14). The van der Waals surface area contributed by atoms with Crippen molar-refractivity contribution in [2.75, 3.05) is 13.2 Å². The molecule has 6 heteroatoms. The molecule has 1 aromatic carbocycles. The van der Waals surface area contributed by atoms with Crippen molar-refractivity contribution in [2.24, 2.45) is 0 Å². The van der Waals surface area contributed by atoms with Crippen LogP contribution in [0.2, 0.25) is 0 Å². The third-order valence-electron chi connectivity index (χ3n) is 3.09. The molecule has 1 saturated heterocycles. The Bertz CT molecular complexity index is 570. The smallest absolute Gasteiger partial charge is 0.335 e. The highest BCUT2D eigenvalue weighted by atomic mass is 32.2. The SMILES string of the molecule is Cc1ccc(S(=O)(=O)C2CCOC2)cc1C(=O)O. The number of carboxylic acids is 1. The van der Waals surface area contributed by atoms with Gasteiger partial charge in [-0.15, -0.1) is 0 Å². The van der Waals surface area contributed by atoms with Crippen molar-refractivity contribution >= 4 is 15.8 Å². The molecular weight excluding hydrogens is 256 g/mol. The summed E-state index contributed by atoms with van der Waals surface area (Å²) in [7, 11) is -3.50. The molecule has 1 N–H and O–H groups in total. The number of sulfone groups is 1. The summed E-state index contributed by atoms with van der Waals surface area (Å²) in [6.45, 7) is 2.25. The summed E-state index contributed by atoms with van der Waals surface area (Å²) in [6, 6.07) is 4.20. The highest BCUT2D eigenvalue weighted by molar-refractivity contribution is 7.92. The fourth-order valence-electron chi connectivity index (χ4n) is 1.96. The normalized spacial score (nSPS) is 19.9. The van der Waals surface area contributed by atoms with Crippen molar-refractivity contribution in [3.05, 3.63) is 29.3 Å². The van der Waals surface area contributed by atoms with Crippen molar-refractivity contribution in [3.8, 4) is 0 Å². The molecule has 1 aliphatic heterocycles. The van der Waals surface area contributed by atoms with Crippen molar-refractivity contribution in [3.63, 3.8) is 0 Å². The first-order valence-corrected chi connectivity index (χ1v) is 7.13. The van der Waals surface area contributed by atoms with Crippen LogP contribution in [0.5, 0.6) is 0 Å². The lowest BCUT2D eigenvalue weighted by Crippen LogP contribution is -2.21. The Morgan fingerprint density at radius 2 is 2.17 bits per heavy atom. The van der Waals surface area contributed by atoms with E-state index in [2.05, 4.69) is 0 Å². The zero-order valence-corrected chi connectivity index (χ0v) is 10.7. The van der Waals surface area contributed by atoms with Crippen LogP contribution in [0.1, 0.15) is 22.3 Å². The molecule has 0 aliphatic carbocycles. The van der Waals surface area contributed by atoms with Crippen LogP contribution < -0.4 is 0 Å². The Kier molecular flexibility index (Phi) is 3.41. The molecule has 0 saturated carbocycles. The minimum absolute atomic E-state index is 0.0231. The monoisotopic (exact) mass is 270 g/mol.